The molecule has 0 fully saturated rings. The molecule has 0 saturated carbocycles. The van der Waals surface area contributed by atoms with Gasteiger partial charge in [-0.3, -0.25) is 0 Å². The standard InChI is InChI=1S/C5H8N2O2S2/c1-4-7-2-5(10-4)3-11(6,8)9/h2H,3H2,1H3,(H2,6,8,9). The van der Waals surface area contributed by atoms with E-state index in [4.69, 9.17) is 5.14 Å². The molecule has 0 radical (unpaired) electrons. The quantitative estimate of drug-likeness (QED) is 0.729. The molecule has 0 aliphatic carbocycles. The van der Waals surface area contributed by atoms with Crippen molar-refractivity contribution in [2.75, 3.05) is 0 Å². The first kappa shape index (κ1) is 8.63. The Bertz CT molecular complexity index is 341. The smallest absolute Gasteiger partial charge is 0.214 e. The van der Waals surface area contributed by atoms with Crippen LogP contribution in [0.4, 0.5) is 0 Å². The molecule has 0 unspecified atom stereocenters. The van der Waals surface area contributed by atoms with Gasteiger partial charge in [-0.25, -0.2) is 18.5 Å². The van der Waals surface area contributed by atoms with Gasteiger partial charge in [-0.05, 0) is 6.92 Å². The molecular formula is C5H8N2O2S2. The highest BCUT2D eigenvalue weighted by Gasteiger charge is 2.06. The fraction of sp³-hybridized carbons (Fsp3) is 0.400. The average molecular weight is 192 g/mol. The van der Waals surface area contributed by atoms with Crippen LogP contribution < -0.4 is 5.14 Å². The summed E-state index contributed by atoms with van der Waals surface area (Å²) >= 11 is 1.34. The van der Waals surface area contributed by atoms with Crippen LogP contribution in [0.2, 0.25) is 0 Å². The summed E-state index contributed by atoms with van der Waals surface area (Å²) in [7, 11) is -3.39. The van der Waals surface area contributed by atoms with Gasteiger partial charge in [0.1, 0.15) is 0 Å². The maximum Gasteiger partial charge on any atom is 0.214 e. The molecule has 1 rings (SSSR count). The zero-order chi connectivity index (χ0) is 8.48. The van der Waals surface area contributed by atoms with Gasteiger partial charge in [0, 0.05) is 11.1 Å². The highest BCUT2D eigenvalue weighted by molar-refractivity contribution is 7.88. The Morgan fingerprint density at radius 2 is 2.36 bits per heavy atom. The molecule has 2 N–H and O–H groups in total. The van der Waals surface area contributed by atoms with Crippen molar-refractivity contribution in [3.8, 4) is 0 Å². The monoisotopic (exact) mass is 192 g/mol. The first-order chi connectivity index (χ1) is 4.97. The van der Waals surface area contributed by atoms with Gasteiger partial charge in [0.2, 0.25) is 10.0 Å². The number of rotatable bonds is 2. The van der Waals surface area contributed by atoms with E-state index in [9.17, 15) is 8.42 Å². The van der Waals surface area contributed by atoms with Crippen molar-refractivity contribution in [1.82, 2.24) is 4.98 Å². The lowest BCUT2D eigenvalue weighted by Gasteiger charge is -1.90. The van der Waals surface area contributed by atoms with Crippen molar-refractivity contribution in [2.45, 2.75) is 12.7 Å². The molecule has 0 bridgehead atoms. The van der Waals surface area contributed by atoms with Gasteiger partial charge in [0.05, 0.1) is 10.8 Å². The van der Waals surface area contributed by atoms with Crippen molar-refractivity contribution in [3.63, 3.8) is 0 Å². The average Bonchev–Trinajstić information content (AvgIpc) is 2.10. The first-order valence-electron chi connectivity index (χ1n) is 2.89. The summed E-state index contributed by atoms with van der Waals surface area (Å²) in [6, 6.07) is 0. The summed E-state index contributed by atoms with van der Waals surface area (Å²) in [5.41, 5.74) is 0. The number of hydrogen-bond donors (Lipinski definition) is 1. The molecule has 1 aromatic rings. The minimum Gasteiger partial charge on any atom is -0.250 e. The van der Waals surface area contributed by atoms with Crippen LogP contribution >= 0.6 is 11.3 Å². The minimum atomic E-state index is -3.39. The van der Waals surface area contributed by atoms with Crippen LogP contribution in [0, 0.1) is 6.92 Å². The summed E-state index contributed by atoms with van der Waals surface area (Å²) in [5, 5.41) is 5.68. The van der Waals surface area contributed by atoms with Crippen LogP contribution in [0.25, 0.3) is 0 Å². The van der Waals surface area contributed by atoms with Gasteiger partial charge in [-0.1, -0.05) is 0 Å². The molecule has 1 heterocycles. The molecule has 0 saturated heterocycles. The predicted octanol–water partition coefficient (Wildman–Crippen LogP) is 0.240. The van der Waals surface area contributed by atoms with Gasteiger partial charge >= 0.3 is 0 Å². The molecule has 0 spiro atoms. The number of nitrogens with two attached hydrogens (primary N) is 1. The predicted molar refractivity (Wildman–Crippen MR) is 43.7 cm³/mol. The van der Waals surface area contributed by atoms with Crippen LogP contribution in [0.5, 0.6) is 0 Å². The Hall–Kier alpha value is -0.460. The SMILES string of the molecule is Cc1ncc(CS(N)(=O)=O)s1. The second-order valence-corrected chi connectivity index (χ2v) is 5.09. The zero-order valence-electron chi connectivity index (χ0n) is 5.94. The highest BCUT2D eigenvalue weighted by Crippen LogP contribution is 2.13. The van der Waals surface area contributed by atoms with Gasteiger partial charge in [-0.2, -0.15) is 0 Å². The van der Waals surface area contributed by atoms with Crippen LogP contribution in [0.15, 0.2) is 6.20 Å². The van der Waals surface area contributed by atoms with Gasteiger partial charge in [0.15, 0.2) is 0 Å². The third kappa shape index (κ3) is 2.96. The van der Waals surface area contributed by atoms with E-state index in [-0.39, 0.29) is 5.75 Å². The number of hydrogen-bond acceptors (Lipinski definition) is 4. The van der Waals surface area contributed by atoms with Gasteiger partial charge in [-0.15, -0.1) is 11.3 Å². The Balaban J connectivity index is 2.81. The third-order valence-corrected chi connectivity index (χ3v) is 2.82. The summed E-state index contributed by atoms with van der Waals surface area (Å²) < 4.78 is 21.1. The second kappa shape index (κ2) is 2.88. The van der Waals surface area contributed by atoms with E-state index in [2.05, 4.69) is 4.98 Å². The molecule has 1 aromatic heterocycles. The lowest BCUT2D eigenvalue weighted by atomic mass is 10.6. The first-order valence-corrected chi connectivity index (χ1v) is 5.42. The second-order valence-electron chi connectivity index (χ2n) is 2.15. The van der Waals surface area contributed by atoms with Crippen molar-refractivity contribution in [2.24, 2.45) is 5.14 Å². The van der Waals surface area contributed by atoms with E-state index in [0.29, 0.717) is 4.88 Å². The summed E-state index contributed by atoms with van der Waals surface area (Å²) in [5.74, 6) is -0.113. The van der Waals surface area contributed by atoms with E-state index >= 15 is 0 Å². The lowest BCUT2D eigenvalue weighted by molar-refractivity contribution is 0.597. The van der Waals surface area contributed by atoms with E-state index in [1.54, 1.807) is 0 Å². The Morgan fingerprint density at radius 1 is 1.73 bits per heavy atom. The number of aryl methyl sites for hydroxylation is 1. The molecule has 0 atom stereocenters. The third-order valence-electron chi connectivity index (χ3n) is 1.01. The Morgan fingerprint density at radius 3 is 2.73 bits per heavy atom. The van der Waals surface area contributed by atoms with Crippen molar-refractivity contribution in [3.05, 3.63) is 16.1 Å². The molecule has 6 heteroatoms. The number of nitrogens with zero attached hydrogens (tertiary/aromatic N) is 1. The van der Waals surface area contributed by atoms with Gasteiger partial charge < -0.3 is 0 Å². The Labute approximate surface area is 69.1 Å². The topological polar surface area (TPSA) is 73.0 Å². The van der Waals surface area contributed by atoms with E-state index < -0.39 is 10.0 Å². The van der Waals surface area contributed by atoms with Crippen LogP contribution in [-0.2, 0) is 15.8 Å². The number of aromatic nitrogens is 1. The highest BCUT2D eigenvalue weighted by atomic mass is 32.2. The number of sulfonamides is 1. The lowest BCUT2D eigenvalue weighted by Crippen LogP contribution is -2.13. The van der Waals surface area contributed by atoms with E-state index in [0.717, 1.165) is 5.01 Å². The maximum atomic E-state index is 10.6. The van der Waals surface area contributed by atoms with Crippen LogP contribution in [-0.4, -0.2) is 13.4 Å². The largest absolute Gasteiger partial charge is 0.250 e. The molecule has 0 amide bonds. The molecule has 4 nitrogen and oxygen atoms in total. The molecule has 11 heavy (non-hydrogen) atoms. The fourth-order valence-corrected chi connectivity index (χ4v) is 2.46. The summed E-state index contributed by atoms with van der Waals surface area (Å²) in [6.45, 7) is 1.82. The van der Waals surface area contributed by atoms with Crippen LogP contribution in [0.1, 0.15) is 9.88 Å². The summed E-state index contributed by atoms with van der Waals surface area (Å²) in [6.07, 6.45) is 1.53. The van der Waals surface area contributed by atoms with Crippen molar-refractivity contribution < 1.29 is 8.42 Å². The molecule has 62 valence electrons. The van der Waals surface area contributed by atoms with Crippen molar-refractivity contribution in [1.29, 1.82) is 0 Å². The van der Waals surface area contributed by atoms with Crippen molar-refractivity contribution >= 4 is 21.4 Å². The van der Waals surface area contributed by atoms with Crippen LogP contribution in [0.3, 0.4) is 0 Å². The number of primary sulfonamides is 1. The minimum absolute atomic E-state index is 0.113. The molecule has 0 aromatic carbocycles. The normalized spacial score (nSPS) is 11.8. The molecule has 0 aliphatic rings. The zero-order valence-corrected chi connectivity index (χ0v) is 7.58. The molecular weight excluding hydrogens is 184 g/mol. The van der Waals surface area contributed by atoms with E-state index in [1.165, 1.54) is 17.5 Å². The molecule has 0 aliphatic heterocycles. The fourth-order valence-electron chi connectivity index (χ4n) is 0.670. The van der Waals surface area contributed by atoms with Gasteiger partial charge in [0.25, 0.3) is 0 Å². The van der Waals surface area contributed by atoms with E-state index in [1.807, 2.05) is 6.92 Å². The maximum absolute atomic E-state index is 10.6. The summed E-state index contributed by atoms with van der Waals surface area (Å²) in [4.78, 5) is 4.58. The number of thiazole rings is 1. The Kier molecular flexibility index (Phi) is 2.26.